The van der Waals surface area contributed by atoms with E-state index in [2.05, 4.69) is 29.7 Å². The van der Waals surface area contributed by atoms with Crippen LogP contribution in [-0.4, -0.2) is 31.1 Å². The summed E-state index contributed by atoms with van der Waals surface area (Å²) < 4.78 is 5.67. The van der Waals surface area contributed by atoms with Crippen molar-refractivity contribution in [1.82, 2.24) is 10.6 Å². The third-order valence-corrected chi connectivity index (χ3v) is 5.66. The molecular weight excluding hydrogens is 348 g/mol. The number of ether oxygens (including phenoxy) is 1. The van der Waals surface area contributed by atoms with E-state index in [9.17, 15) is 4.79 Å². The Morgan fingerprint density at radius 2 is 1.88 bits per heavy atom. The number of benzene rings is 1. The standard InChI is InChI=1S/C21H32N2O2.ClH/c1-15(2)25-18-8-6-17(7-9-18)5-4-16(3)23-20(24)19-14-21(19)10-12-22-13-11-21;/h6-9,15-16,19,22H,4-5,10-14H2,1-3H3,(H,23,24);1H. The minimum Gasteiger partial charge on any atom is -0.491 e. The molecule has 1 saturated carbocycles. The van der Waals surface area contributed by atoms with Crippen molar-refractivity contribution >= 4 is 18.3 Å². The number of hydrogen-bond donors (Lipinski definition) is 2. The van der Waals surface area contributed by atoms with E-state index < -0.39 is 0 Å². The molecule has 1 spiro atoms. The number of hydrogen-bond acceptors (Lipinski definition) is 3. The number of carbonyl (C=O) groups is 1. The summed E-state index contributed by atoms with van der Waals surface area (Å²) in [7, 11) is 0. The second-order valence-electron chi connectivity index (χ2n) is 8.13. The molecule has 3 rings (SSSR count). The number of amides is 1. The van der Waals surface area contributed by atoms with E-state index in [1.54, 1.807) is 0 Å². The molecule has 0 aromatic heterocycles. The molecule has 1 amide bonds. The van der Waals surface area contributed by atoms with Crippen LogP contribution in [0.4, 0.5) is 0 Å². The van der Waals surface area contributed by atoms with E-state index >= 15 is 0 Å². The molecule has 1 aliphatic carbocycles. The fourth-order valence-corrected chi connectivity index (χ4v) is 4.00. The summed E-state index contributed by atoms with van der Waals surface area (Å²) in [5.41, 5.74) is 1.61. The van der Waals surface area contributed by atoms with Crippen LogP contribution < -0.4 is 15.4 Å². The number of halogens is 1. The molecule has 2 atom stereocenters. The zero-order valence-electron chi connectivity index (χ0n) is 16.2. The van der Waals surface area contributed by atoms with Crippen molar-refractivity contribution < 1.29 is 9.53 Å². The molecule has 4 nitrogen and oxygen atoms in total. The minimum atomic E-state index is 0. The van der Waals surface area contributed by atoms with Crippen LogP contribution in [0.15, 0.2) is 24.3 Å². The Labute approximate surface area is 163 Å². The molecule has 1 aromatic carbocycles. The first-order valence-electron chi connectivity index (χ1n) is 9.75. The maximum Gasteiger partial charge on any atom is 0.223 e. The van der Waals surface area contributed by atoms with Crippen LogP contribution in [0.3, 0.4) is 0 Å². The van der Waals surface area contributed by atoms with Gasteiger partial charge in [0.25, 0.3) is 0 Å². The van der Waals surface area contributed by atoms with Crippen LogP contribution in [0.25, 0.3) is 0 Å². The predicted octanol–water partition coefficient (Wildman–Crippen LogP) is 3.72. The Kier molecular flexibility index (Phi) is 7.36. The predicted molar refractivity (Wildman–Crippen MR) is 108 cm³/mol. The maximum atomic E-state index is 12.5. The number of nitrogens with one attached hydrogen (secondary N) is 2. The molecule has 1 aromatic rings. The van der Waals surface area contributed by atoms with E-state index in [4.69, 9.17) is 4.74 Å². The van der Waals surface area contributed by atoms with Gasteiger partial charge in [-0.15, -0.1) is 12.4 Å². The van der Waals surface area contributed by atoms with Gasteiger partial charge in [-0.1, -0.05) is 12.1 Å². The molecule has 5 heteroatoms. The molecule has 2 aliphatic rings. The average molecular weight is 381 g/mol. The smallest absolute Gasteiger partial charge is 0.223 e. The van der Waals surface area contributed by atoms with Crippen molar-refractivity contribution in [3.8, 4) is 5.75 Å². The van der Waals surface area contributed by atoms with Crippen molar-refractivity contribution in [3.63, 3.8) is 0 Å². The lowest BCUT2D eigenvalue weighted by molar-refractivity contribution is -0.123. The van der Waals surface area contributed by atoms with E-state index in [1.165, 1.54) is 5.56 Å². The molecule has 1 saturated heterocycles. The lowest BCUT2D eigenvalue weighted by Gasteiger charge is -2.23. The third-order valence-electron chi connectivity index (χ3n) is 5.66. The lowest BCUT2D eigenvalue weighted by atomic mass is 9.91. The molecule has 146 valence electrons. The van der Waals surface area contributed by atoms with Crippen LogP contribution >= 0.6 is 12.4 Å². The monoisotopic (exact) mass is 380 g/mol. The van der Waals surface area contributed by atoms with Crippen LogP contribution in [0, 0.1) is 11.3 Å². The summed E-state index contributed by atoms with van der Waals surface area (Å²) in [6.07, 6.45) is 5.55. The van der Waals surface area contributed by atoms with Gasteiger partial charge in [0.05, 0.1) is 6.10 Å². The highest BCUT2D eigenvalue weighted by atomic mass is 35.5. The van der Waals surface area contributed by atoms with Gasteiger partial charge in [-0.3, -0.25) is 4.79 Å². The van der Waals surface area contributed by atoms with E-state index in [0.29, 0.717) is 5.41 Å². The topological polar surface area (TPSA) is 50.4 Å². The lowest BCUT2D eigenvalue weighted by Crippen LogP contribution is -2.37. The van der Waals surface area contributed by atoms with Crippen LogP contribution in [0.1, 0.15) is 52.0 Å². The minimum absolute atomic E-state index is 0. The van der Waals surface area contributed by atoms with Crippen molar-refractivity contribution in [1.29, 1.82) is 0 Å². The fourth-order valence-electron chi connectivity index (χ4n) is 4.00. The van der Waals surface area contributed by atoms with Crippen LogP contribution in [0.5, 0.6) is 5.75 Å². The van der Waals surface area contributed by atoms with Gasteiger partial charge in [-0.25, -0.2) is 0 Å². The highest BCUT2D eigenvalue weighted by Gasteiger charge is 2.57. The molecule has 1 heterocycles. The summed E-state index contributed by atoms with van der Waals surface area (Å²) in [6, 6.07) is 8.53. The molecule has 2 N–H and O–H groups in total. The number of piperidine rings is 1. The summed E-state index contributed by atoms with van der Waals surface area (Å²) >= 11 is 0. The van der Waals surface area contributed by atoms with Gasteiger partial charge < -0.3 is 15.4 Å². The first-order chi connectivity index (χ1) is 12.0. The Hall–Kier alpha value is -1.26. The van der Waals surface area contributed by atoms with Gasteiger partial charge in [-0.05, 0) is 89.1 Å². The Morgan fingerprint density at radius 1 is 1.23 bits per heavy atom. The Morgan fingerprint density at radius 3 is 2.50 bits per heavy atom. The molecule has 2 fully saturated rings. The molecule has 2 unspecified atom stereocenters. The zero-order valence-corrected chi connectivity index (χ0v) is 17.0. The van der Waals surface area contributed by atoms with Gasteiger partial charge >= 0.3 is 0 Å². The van der Waals surface area contributed by atoms with Crippen LogP contribution in [-0.2, 0) is 11.2 Å². The maximum absolute atomic E-state index is 12.5. The molecule has 0 radical (unpaired) electrons. The van der Waals surface area contributed by atoms with Gasteiger partial charge in [0.15, 0.2) is 0 Å². The quantitative estimate of drug-likeness (QED) is 0.757. The second-order valence-corrected chi connectivity index (χ2v) is 8.13. The second kappa shape index (κ2) is 9.09. The molecule has 1 aliphatic heterocycles. The third kappa shape index (κ3) is 5.37. The summed E-state index contributed by atoms with van der Waals surface area (Å²) in [6.45, 7) is 8.32. The average Bonchev–Trinajstić information content (AvgIpc) is 3.27. The highest BCUT2D eigenvalue weighted by Crippen LogP contribution is 2.58. The Bertz CT molecular complexity index is 582. The highest BCUT2D eigenvalue weighted by molar-refractivity contribution is 5.85. The summed E-state index contributed by atoms with van der Waals surface area (Å²) in [4.78, 5) is 12.5. The first kappa shape index (κ1) is 21.0. The van der Waals surface area contributed by atoms with Crippen molar-refractivity contribution in [3.05, 3.63) is 29.8 Å². The normalized spacial score (nSPS) is 21.8. The van der Waals surface area contributed by atoms with Crippen molar-refractivity contribution in [2.75, 3.05) is 13.1 Å². The largest absolute Gasteiger partial charge is 0.491 e. The SMILES string of the molecule is CC(CCc1ccc(OC(C)C)cc1)NC(=O)C1CC12CCNCC2.Cl. The van der Waals surface area contributed by atoms with E-state index in [0.717, 1.165) is 50.9 Å². The van der Waals surface area contributed by atoms with Gasteiger partial charge in [0.2, 0.25) is 5.91 Å². The summed E-state index contributed by atoms with van der Waals surface area (Å²) in [5, 5.41) is 6.63. The number of aryl methyl sites for hydroxylation is 1. The van der Waals surface area contributed by atoms with Crippen molar-refractivity contribution in [2.24, 2.45) is 11.3 Å². The number of rotatable bonds is 7. The Balaban J connectivity index is 0.00000243. The van der Waals surface area contributed by atoms with E-state index in [1.807, 2.05) is 26.0 Å². The molecule has 0 bridgehead atoms. The number of carbonyl (C=O) groups excluding carboxylic acids is 1. The van der Waals surface area contributed by atoms with Crippen molar-refractivity contribution in [2.45, 2.75) is 65.0 Å². The van der Waals surface area contributed by atoms with Crippen LogP contribution in [0.2, 0.25) is 0 Å². The molecule has 26 heavy (non-hydrogen) atoms. The fraction of sp³-hybridized carbons (Fsp3) is 0.667. The first-order valence-corrected chi connectivity index (χ1v) is 9.75. The van der Waals surface area contributed by atoms with Gasteiger partial charge in [-0.2, -0.15) is 0 Å². The molecular formula is C21H33ClN2O2. The summed E-state index contributed by atoms with van der Waals surface area (Å²) in [5.74, 6) is 1.45. The van der Waals surface area contributed by atoms with Gasteiger partial charge in [0.1, 0.15) is 5.75 Å². The van der Waals surface area contributed by atoms with Gasteiger partial charge in [0, 0.05) is 12.0 Å². The zero-order chi connectivity index (χ0) is 17.9. The van der Waals surface area contributed by atoms with E-state index in [-0.39, 0.29) is 36.4 Å².